The molecule has 0 aliphatic rings. The molecule has 1 aromatic rings. The summed E-state index contributed by atoms with van der Waals surface area (Å²) in [5.41, 5.74) is 2.65. The molecule has 0 saturated heterocycles. The van der Waals surface area contributed by atoms with Crippen molar-refractivity contribution in [2.45, 2.75) is 19.8 Å². The van der Waals surface area contributed by atoms with Crippen molar-refractivity contribution in [3.8, 4) is 0 Å². The Balaban J connectivity index is 2.08. The van der Waals surface area contributed by atoms with Crippen molar-refractivity contribution >= 4 is 0 Å². The summed E-state index contributed by atoms with van der Waals surface area (Å²) in [5, 5.41) is 3.40. The quantitative estimate of drug-likeness (QED) is 0.536. The van der Waals surface area contributed by atoms with Gasteiger partial charge in [0.15, 0.2) is 0 Å². The lowest BCUT2D eigenvalue weighted by Gasteiger charge is -2.04. The lowest BCUT2D eigenvalue weighted by Crippen LogP contribution is -2.18. The van der Waals surface area contributed by atoms with Gasteiger partial charge in [-0.05, 0) is 38.4 Å². The van der Waals surface area contributed by atoms with Gasteiger partial charge in [0.05, 0.1) is 0 Å². The zero-order chi connectivity index (χ0) is 10.2. The fraction of sp³-hybridized carbons (Fsp3) is 0.385. The Bertz CT molecular complexity index is 264. The van der Waals surface area contributed by atoms with Gasteiger partial charge in [0, 0.05) is 0 Å². The molecule has 14 heavy (non-hydrogen) atoms. The fourth-order valence-electron chi connectivity index (χ4n) is 1.30. The third kappa shape index (κ3) is 4.83. The van der Waals surface area contributed by atoms with Gasteiger partial charge in [-0.3, -0.25) is 0 Å². The summed E-state index contributed by atoms with van der Waals surface area (Å²) in [6, 6.07) is 10.6. The molecule has 0 atom stereocenters. The van der Waals surface area contributed by atoms with Gasteiger partial charge >= 0.3 is 0 Å². The first-order valence-electron chi connectivity index (χ1n) is 5.18. The summed E-state index contributed by atoms with van der Waals surface area (Å²) >= 11 is 0. The van der Waals surface area contributed by atoms with E-state index >= 15 is 0 Å². The van der Waals surface area contributed by atoms with Gasteiger partial charge in [0.1, 0.15) is 0 Å². The minimum Gasteiger partial charge on any atom is -0.316 e. The molecule has 1 N–H and O–H groups in total. The second-order valence-electron chi connectivity index (χ2n) is 3.69. The Labute approximate surface area is 86.8 Å². The maximum Gasteiger partial charge on any atom is -0.000822 e. The van der Waals surface area contributed by atoms with Crippen molar-refractivity contribution in [3.63, 3.8) is 0 Å². The minimum atomic E-state index is 1.04. The highest BCUT2D eigenvalue weighted by atomic mass is 14.8. The van der Waals surface area contributed by atoms with E-state index in [0.717, 1.165) is 25.9 Å². The number of hydrogen-bond acceptors (Lipinski definition) is 1. The highest BCUT2D eigenvalue weighted by Gasteiger charge is 1.91. The third-order valence-corrected chi connectivity index (χ3v) is 2.16. The second kappa shape index (κ2) is 6.39. The number of benzene rings is 1. The topological polar surface area (TPSA) is 12.0 Å². The van der Waals surface area contributed by atoms with E-state index in [9.17, 15) is 0 Å². The van der Waals surface area contributed by atoms with E-state index in [1.807, 2.05) is 0 Å². The summed E-state index contributed by atoms with van der Waals surface area (Å²) in [5.74, 6) is 0. The lowest BCUT2D eigenvalue weighted by atomic mass is 10.1. The van der Waals surface area contributed by atoms with Crippen LogP contribution >= 0.6 is 0 Å². The first-order valence-corrected chi connectivity index (χ1v) is 5.18. The van der Waals surface area contributed by atoms with Crippen molar-refractivity contribution < 1.29 is 0 Å². The average Bonchev–Trinajstić information content (AvgIpc) is 2.18. The van der Waals surface area contributed by atoms with Crippen LogP contribution in [0, 0.1) is 0 Å². The summed E-state index contributed by atoms with van der Waals surface area (Å²) in [6.45, 7) is 8.04. The van der Waals surface area contributed by atoms with Gasteiger partial charge in [0.2, 0.25) is 0 Å². The normalized spacial score (nSPS) is 10.1. The number of nitrogens with one attached hydrogen (secondary N) is 1. The van der Waals surface area contributed by atoms with Crippen molar-refractivity contribution in [3.05, 3.63) is 48.0 Å². The molecule has 0 aromatic heterocycles. The Kier molecular flexibility index (Phi) is 5.02. The summed E-state index contributed by atoms with van der Waals surface area (Å²) in [4.78, 5) is 0. The highest BCUT2D eigenvalue weighted by molar-refractivity contribution is 5.14. The molecule has 1 rings (SSSR count). The second-order valence-corrected chi connectivity index (χ2v) is 3.69. The molecule has 0 aliphatic carbocycles. The molecule has 1 aromatic carbocycles. The summed E-state index contributed by atoms with van der Waals surface area (Å²) in [7, 11) is 0. The Morgan fingerprint density at radius 1 is 1.21 bits per heavy atom. The predicted octanol–water partition coefficient (Wildman–Crippen LogP) is 2.78. The largest absolute Gasteiger partial charge is 0.316 e. The van der Waals surface area contributed by atoms with Crippen molar-refractivity contribution in [2.24, 2.45) is 0 Å². The molecule has 0 fully saturated rings. The Morgan fingerprint density at radius 2 is 1.93 bits per heavy atom. The molecule has 0 aliphatic heterocycles. The van der Waals surface area contributed by atoms with Crippen LogP contribution in [0.3, 0.4) is 0 Å². The van der Waals surface area contributed by atoms with Crippen LogP contribution in [0.4, 0.5) is 0 Å². The van der Waals surface area contributed by atoms with Gasteiger partial charge in [-0.1, -0.05) is 35.9 Å². The van der Waals surface area contributed by atoms with Gasteiger partial charge in [-0.2, -0.15) is 0 Å². The van der Waals surface area contributed by atoms with Crippen LogP contribution in [0.15, 0.2) is 42.5 Å². The number of hydrogen-bond donors (Lipinski definition) is 1. The van der Waals surface area contributed by atoms with Crippen LogP contribution in [0.5, 0.6) is 0 Å². The molecular weight excluding hydrogens is 170 g/mol. The van der Waals surface area contributed by atoms with E-state index in [1.54, 1.807) is 0 Å². The number of rotatable bonds is 6. The summed E-state index contributed by atoms with van der Waals surface area (Å²) in [6.07, 6.45) is 2.19. The lowest BCUT2D eigenvalue weighted by molar-refractivity contribution is 0.680. The molecule has 1 nitrogen and oxygen atoms in total. The van der Waals surface area contributed by atoms with E-state index in [0.29, 0.717) is 0 Å². The van der Waals surface area contributed by atoms with Crippen molar-refractivity contribution in [2.75, 3.05) is 13.1 Å². The van der Waals surface area contributed by atoms with E-state index in [1.165, 1.54) is 11.1 Å². The van der Waals surface area contributed by atoms with Crippen LogP contribution in [-0.2, 0) is 6.42 Å². The standard InChI is InChI=1S/C13H19N/c1-12(2)8-10-14-11-9-13-6-4-3-5-7-13/h3-7,14H,1,8-11H2,2H3. The van der Waals surface area contributed by atoms with Crippen molar-refractivity contribution in [1.82, 2.24) is 5.32 Å². The van der Waals surface area contributed by atoms with Gasteiger partial charge < -0.3 is 5.32 Å². The van der Waals surface area contributed by atoms with E-state index < -0.39 is 0 Å². The fourth-order valence-corrected chi connectivity index (χ4v) is 1.30. The summed E-state index contributed by atoms with van der Waals surface area (Å²) < 4.78 is 0. The monoisotopic (exact) mass is 189 g/mol. The molecular formula is C13H19N. The van der Waals surface area contributed by atoms with E-state index in [-0.39, 0.29) is 0 Å². The predicted molar refractivity (Wildman–Crippen MR) is 62.4 cm³/mol. The van der Waals surface area contributed by atoms with Crippen LogP contribution in [0.2, 0.25) is 0 Å². The molecule has 0 heterocycles. The maximum absolute atomic E-state index is 3.87. The third-order valence-electron chi connectivity index (χ3n) is 2.16. The highest BCUT2D eigenvalue weighted by Crippen LogP contribution is 1.98. The molecule has 0 unspecified atom stereocenters. The van der Waals surface area contributed by atoms with Crippen molar-refractivity contribution in [1.29, 1.82) is 0 Å². The molecule has 0 amide bonds. The molecule has 0 radical (unpaired) electrons. The SMILES string of the molecule is C=C(C)CCNCCc1ccccc1. The molecule has 0 bridgehead atoms. The zero-order valence-electron chi connectivity index (χ0n) is 8.92. The average molecular weight is 189 g/mol. The van der Waals surface area contributed by atoms with Gasteiger partial charge in [-0.15, -0.1) is 6.58 Å². The Morgan fingerprint density at radius 3 is 2.57 bits per heavy atom. The minimum absolute atomic E-state index is 1.04. The van der Waals surface area contributed by atoms with Crippen LogP contribution in [-0.4, -0.2) is 13.1 Å². The smallest absolute Gasteiger partial charge is 0.000822 e. The zero-order valence-corrected chi connectivity index (χ0v) is 8.92. The van der Waals surface area contributed by atoms with E-state index in [2.05, 4.69) is 49.2 Å². The van der Waals surface area contributed by atoms with Gasteiger partial charge in [-0.25, -0.2) is 0 Å². The van der Waals surface area contributed by atoms with E-state index in [4.69, 9.17) is 0 Å². The maximum atomic E-state index is 3.87. The van der Waals surface area contributed by atoms with Crippen LogP contribution in [0.25, 0.3) is 0 Å². The van der Waals surface area contributed by atoms with Crippen LogP contribution in [0.1, 0.15) is 18.9 Å². The molecule has 1 heteroatoms. The molecule has 0 spiro atoms. The molecule has 76 valence electrons. The van der Waals surface area contributed by atoms with Crippen LogP contribution < -0.4 is 5.32 Å². The first-order chi connectivity index (χ1) is 6.79. The first kappa shape index (κ1) is 11.0. The van der Waals surface area contributed by atoms with Gasteiger partial charge in [0.25, 0.3) is 0 Å². The molecule has 0 saturated carbocycles. The Hall–Kier alpha value is -1.08.